The Bertz CT molecular complexity index is 1320. The zero-order valence-electron chi connectivity index (χ0n) is 19.1. The molecule has 3 aromatic heterocycles. The van der Waals surface area contributed by atoms with Gasteiger partial charge >= 0.3 is 0 Å². The summed E-state index contributed by atoms with van der Waals surface area (Å²) in [6, 6.07) is 12.0. The molecule has 4 aromatic rings. The van der Waals surface area contributed by atoms with Crippen LogP contribution in [0.15, 0.2) is 53.0 Å². The van der Waals surface area contributed by atoms with E-state index in [9.17, 15) is 4.21 Å². The van der Waals surface area contributed by atoms with Crippen molar-refractivity contribution in [2.45, 2.75) is 28.7 Å². The maximum absolute atomic E-state index is 13.2. The number of nitrogen functional groups attached to an aromatic ring is 1. The number of aromatic nitrogens is 3. The molecule has 35 heavy (non-hydrogen) atoms. The Hall–Kier alpha value is -2.92. The van der Waals surface area contributed by atoms with Crippen LogP contribution in [0.1, 0.15) is 19.3 Å². The molecule has 1 saturated carbocycles. The van der Waals surface area contributed by atoms with Gasteiger partial charge in [-0.2, -0.15) is 0 Å². The third kappa shape index (κ3) is 5.06. The molecule has 1 aromatic carbocycles. The van der Waals surface area contributed by atoms with Gasteiger partial charge in [0.25, 0.3) is 0 Å². The van der Waals surface area contributed by atoms with E-state index in [0.717, 1.165) is 56.1 Å². The van der Waals surface area contributed by atoms with E-state index >= 15 is 0 Å². The molecule has 4 N–H and O–H groups in total. The number of nitrogens with zero attached hydrogens (tertiary/aromatic N) is 3. The first-order valence-electron chi connectivity index (χ1n) is 11.6. The fourth-order valence-corrected chi connectivity index (χ4v) is 7.14. The second-order valence-electron chi connectivity index (χ2n) is 8.31. The van der Waals surface area contributed by atoms with Crippen LogP contribution in [0.3, 0.4) is 0 Å². The van der Waals surface area contributed by atoms with Crippen molar-refractivity contribution in [3.05, 3.63) is 48.8 Å². The summed E-state index contributed by atoms with van der Waals surface area (Å²) >= 11 is 1.43. The van der Waals surface area contributed by atoms with Crippen LogP contribution in [-0.2, 0) is 15.5 Å². The summed E-state index contributed by atoms with van der Waals surface area (Å²) in [6.07, 6.45) is 6.56. The molecule has 0 aliphatic heterocycles. The summed E-state index contributed by atoms with van der Waals surface area (Å²) in [4.78, 5) is 14.5. The predicted molar refractivity (Wildman–Crippen MR) is 141 cm³/mol. The molecule has 1 aliphatic rings. The predicted octanol–water partition coefficient (Wildman–Crippen LogP) is 4.08. The lowest BCUT2D eigenvalue weighted by Gasteiger charge is -2.23. The second kappa shape index (κ2) is 10.8. The number of aliphatic hydroxyl groups excluding tert-OH is 1. The Kier molecular flexibility index (Phi) is 7.33. The summed E-state index contributed by atoms with van der Waals surface area (Å²) in [5, 5.41) is 12.9. The van der Waals surface area contributed by atoms with Crippen LogP contribution >= 0.6 is 11.3 Å². The molecule has 3 heterocycles. The van der Waals surface area contributed by atoms with Gasteiger partial charge in [0, 0.05) is 35.1 Å². The molecule has 0 spiro atoms. The number of fused-ring (bicyclic) bond motifs is 1. The summed E-state index contributed by atoms with van der Waals surface area (Å²) in [7, 11) is -1.11. The van der Waals surface area contributed by atoms with Gasteiger partial charge in [0.05, 0.1) is 42.0 Å². The van der Waals surface area contributed by atoms with Gasteiger partial charge in [-0.1, -0.05) is 36.8 Å². The molecule has 10 heteroatoms. The van der Waals surface area contributed by atoms with E-state index < -0.39 is 10.8 Å². The molecular weight excluding hydrogens is 482 g/mol. The van der Waals surface area contributed by atoms with Crippen molar-refractivity contribution in [3.63, 3.8) is 0 Å². The van der Waals surface area contributed by atoms with Crippen molar-refractivity contribution in [1.82, 2.24) is 15.0 Å². The number of anilines is 2. The molecule has 5 rings (SSSR count). The highest BCUT2D eigenvalue weighted by molar-refractivity contribution is 7.88. The van der Waals surface area contributed by atoms with Crippen molar-refractivity contribution in [2.24, 2.45) is 0 Å². The number of hydrogen-bond acceptors (Lipinski definition) is 9. The number of hydrogen-bond donors (Lipinski definition) is 3. The molecule has 1 atom stereocenters. The highest BCUT2D eigenvalue weighted by Crippen LogP contribution is 2.44. The number of aliphatic hydroxyl groups is 1. The summed E-state index contributed by atoms with van der Waals surface area (Å²) < 4.78 is 19.1. The number of pyridine rings is 1. The lowest BCUT2D eigenvalue weighted by molar-refractivity contribution is 0.0991. The van der Waals surface area contributed by atoms with Crippen molar-refractivity contribution >= 4 is 44.0 Å². The van der Waals surface area contributed by atoms with E-state index in [1.807, 2.05) is 36.4 Å². The molecule has 8 nitrogen and oxygen atoms in total. The number of nitrogens with two attached hydrogens (primary N) is 1. The smallest absolute Gasteiger partial charge is 0.222 e. The first-order chi connectivity index (χ1) is 17.2. The van der Waals surface area contributed by atoms with Crippen LogP contribution in [0.5, 0.6) is 0 Å². The second-order valence-corrected chi connectivity index (χ2v) is 11.2. The molecule has 0 bridgehead atoms. The molecule has 0 saturated heterocycles. The average molecular weight is 510 g/mol. The Labute approximate surface area is 210 Å². The molecular formula is C25H27N5O3S2. The number of nitrogens with one attached hydrogen (secondary N) is 1. The standard InChI is InChI=1S/C25H27N5O3S2/c26-22-21-19(16-5-2-1-3-6-16)13-20(30-23(21)34-24(22)35(32)18-7-4-8-18)17-14-28-25(29-15-17)27-9-11-33-12-10-31/h1-3,5-6,13-15,18,31H,4,7-12,26H2,(H,27,28,29). The Morgan fingerprint density at radius 1 is 1.14 bits per heavy atom. The van der Waals surface area contributed by atoms with Gasteiger partial charge in [-0.05, 0) is 30.0 Å². The van der Waals surface area contributed by atoms with Crippen molar-refractivity contribution < 1.29 is 14.1 Å². The van der Waals surface area contributed by atoms with Gasteiger partial charge in [0.1, 0.15) is 9.04 Å². The fraction of sp³-hybridized carbons (Fsp3) is 0.320. The largest absolute Gasteiger partial charge is 0.396 e. The molecule has 182 valence electrons. The molecule has 0 amide bonds. The third-order valence-electron chi connectivity index (χ3n) is 6.00. The van der Waals surface area contributed by atoms with Crippen LogP contribution in [0, 0.1) is 0 Å². The first-order valence-corrected chi connectivity index (χ1v) is 13.6. The van der Waals surface area contributed by atoms with Crippen LogP contribution in [0.2, 0.25) is 0 Å². The van der Waals surface area contributed by atoms with E-state index in [0.29, 0.717) is 31.4 Å². The van der Waals surface area contributed by atoms with Gasteiger partial charge < -0.3 is 20.9 Å². The quantitative estimate of drug-likeness (QED) is 0.273. The summed E-state index contributed by atoms with van der Waals surface area (Å²) in [6.45, 7) is 1.30. The summed E-state index contributed by atoms with van der Waals surface area (Å²) in [5.74, 6) is 0.490. The maximum atomic E-state index is 13.2. The van der Waals surface area contributed by atoms with E-state index in [4.69, 9.17) is 20.6 Å². The van der Waals surface area contributed by atoms with Crippen LogP contribution < -0.4 is 11.1 Å². The minimum absolute atomic E-state index is 0.00137. The van der Waals surface area contributed by atoms with Crippen molar-refractivity contribution in [2.75, 3.05) is 37.4 Å². The zero-order valence-corrected chi connectivity index (χ0v) is 20.8. The van der Waals surface area contributed by atoms with Gasteiger partial charge in [0.2, 0.25) is 5.95 Å². The molecule has 1 fully saturated rings. The average Bonchev–Trinajstić information content (AvgIpc) is 3.19. The lowest BCUT2D eigenvalue weighted by Crippen LogP contribution is -2.23. The zero-order chi connectivity index (χ0) is 24.2. The minimum atomic E-state index is -1.11. The fourth-order valence-electron chi connectivity index (χ4n) is 3.93. The van der Waals surface area contributed by atoms with Gasteiger partial charge in [-0.3, -0.25) is 4.21 Å². The monoisotopic (exact) mass is 509 g/mol. The van der Waals surface area contributed by atoms with Crippen molar-refractivity contribution in [3.8, 4) is 22.4 Å². The van der Waals surface area contributed by atoms with Gasteiger partial charge in [-0.25, -0.2) is 15.0 Å². The Balaban J connectivity index is 1.50. The number of ether oxygens (including phenoxy) is 1. The van der Waals surface area contributed by atoms with E-state index in [1.54, 1.807) is 12.4 Å². The highest BCUT2D eigenvalue weighted by Gasteiger charge is 2.29. The van der Waals surface area contributed by atoms with Gasteiger partial charge in [0.15, 0.2) is 0 Å². The minimum Gasteiger partial charge on any atom is -0.396 e. The number of thiophene rings is 1. The van der Waals surface area contributed by atoms with Crippen molar-refractivity contribution in [1.29, 1.82) is 0 Å². The van der Waals surface area contributed by atoms with Crippen LogP contribution in [-0.4, -0.2) is 55.9 Å². The molecule has 0 radical (unpaired) electrons. The Morgan fingerprint density at radius 2 is 1.91 bits per heavy atom. The summed E-state index contributed by atoms with van der Waals surface area (Å²) in [5.41, 5.74) is 10.7. The van der Waals surface area contributed by atoms with Crippen LogP contribution in [0.4, 0.5) is 11.6 Å². The molecule has 1 unspecified atom stereocenters. The number of rotatable bonds is 10. The van der Waals surface area contributed by atoms with E-state index in [1.165, 1.54) is 11.3 Å². The Morgan fingerprint density at radius 3 is 2.60 bits per heavy atom. The normalized spacial score (nSPS) is 14.7. The SMILES string of the molecule is Nc1c(S(=O)C2CCC2)sc2nc(-c3cnc(NCCOCCO)nc3)cc(-c3ccccc3)c12. The van der Waals surface area contributed by atoms with Crippen LogP contribution in [0.25, 0.3) is 32.6 Å². The molecule has 1 aliphatic carbocycles. The van der Waals surface area contributed by atoms with E-state index in [2.05, 4.69) is 15.3 Å². The topological polar surface area (TPSA) is 123 Å². The van der Waals surface area contributed by atoms with E-state index in [-0.39, 0.29) is 11.9 Å². The third-order valence-corrected chi connectivity index (χ3v) is 9.30. The number of benzene rings is 1. The highest BCUT2D eigenvalue weighted by atomic mass is 32.2. The van der Waals surface area contributed by atoms with Gasteiger partial charge in [-0.15, -0.1) is 11.3 Å². The lowest BCUT2D eigenvalue weighted by atomic mass is 10.00. The maximum Gasteiger partial charge on any atom is 0.222 e. The first kappa shape index (κ1) is 23.8.